The molecule has 1 heterocycles. The van der Waals surface area contributed by atoms with E-state index in [9.17, 15) is 14.4 Å². The maximum absolute atomic E-state index is 14.0. The lowest BCUT2D eigenvalue weighted by atomic mass is 10.1. The molecule has 0 radical (unpaired) electrons. The minimum atomic E-state index is -0.463. The van der Waals surface area contributed by atoms with Crippen LogP contribution in [0.4, 0.5) is 4.39 Å². The number of nitrogens with one attached hydrogen (secondary N) is 1. The Balaban J connectivity index is 1.73. The molecule has 1 fully saturated rings. The summed E-state index contributed by atoms with van der Waals surface area (Å²) in [6.07, 6.45) is 3.33. The van der Waals surface area contributed by atoms with Crippen molar-refractivity contribution < 1.29 is 23.4 Å². The van der Waals surface area contributed by atoms with E-state index in [1.807, 2.05) is 13.0 Å². The molecule has 2 aromatic carbocycles. The van der Waals surface area contributed by atoms with Gasteiger partial charge in [0.25, 0.3) is 5.91 Å². The second-order valence-electron chi connectivity index (χ2n) is 7.14. The molecule has 0 bridgehead atoms. The summed E-state index contributed by atoms with van der Waals surface area (Å²) >= 11 is 6.06. The number of carbonyl (C=O) groups excluding carboxylic acids is 1. The minimum absolute atomic E-state index is 0.0113. The molecule has 1 amide bonds. The number of benzene rings is 2. The van der Waals surface area contributed by atoms with E-state index >= 15 is 0 Å². The van der Waals surface area contributed by atoms with Crippen LogP contribution in [0.2, 0.25) is 5.02 Å². The quantitative estimate of drug-likeness (QED) is 0.436. The molecule has 0 spiro atoms. The van der Waals surface area contributed by atoms with Crippen LogP contribution in [0.1, 0.15) is 30.9 Å². The fraction of sp³-hybridized carbons (Fsp3) is 0.333. The van der Waals surface area contributed by atoms with E-state index in [4.69, 9.17) is 25.8 Å². The Bertz CT molecular complexity index is 1010. The zero-order valence-electron chi connectivity index (χ0n) is 17.7. The van der Waals surface area contributed by atoms with Gasteiger partial charge in [-0.2, -0.15) is 5.26 Å². The Kier molecular flexibility index (Phi) is 8.48. The first kappa shape index (κ1) is 23.6. The Morgan fingerprint density at radius 2 is 2.19 bits per heavy atom. The van der Waals surface area contributed by atoms with Gasteiger partial charge in [0, 0.05) is 18.7 Å². The number of hydrogen-bond donors (Lipinski definition) is 1. The van der Waals surface area contributed by atoms with Crippen molar-refractivity contribution in [2.24, 2.45) is 0 Å². The van der Waals surface area contributed by atoms with Crippen molar-refractivity contribution in [1.29, 1.82) is 5.26 Å². The van der Waals surface area contributed by atoms with Gasteiger partial charge < -0.3 is 19.5 Å². The van der Waals surface area contributed by atoms with Crippen molar-refractivity contribution in [1.82, 2.24) is 5.32 Å². The van der Waals surface area contributed by atoms with E-state index in [1.165, 1.54) is 18.2 Å². The second-order valence-corrected chi connectivity index (χ2v) is 7.55. The molecule has 1 aliphatic heterocycles. The highest BCUT2D eigenvalue weighted by Crippen LogP contribution is 2.31. The predicted octanol–water partition coefficient (Wildman–Crippen LogP) is 4.66. The highest BCUT2D eigenvalue weighted by molar-refractivity contribution is 6.31. The highest BCUT2D eigenvalue weighted by Gasteiger charge is 2.18. The van der Waals surface area contributed by atoms with E-state index < -0.39 is 11.7 Å². The van der Waals surface area contributed by atoms with Gasteiger partial charge in [0.2, 0.25) is 0 Å². The van der Waals surface area contributed by atoms with Gasteiger partial charge in [-0.15, -0.1) is 0 Å². The van der Waals surface area contributed by atoms with E-state index in [-0.39, 0.29) is 28.9 Å². The smallest absolute Gasteiger partial charge is 0.262 e. The van der Waals surface area contributed by atoms with Gasteiger partial charge >= 0.3 is 0 Å². The van der Waals surface area contributed by atoms with Gasteiger partial charge in [0.1, 0.15) is 24.1 Å². The van der Waals surface area contributed by atoms with Crippen LogP contribution >= 0.6 is 11.6 Å². The van der Waals surface area contributed by atoms with Crippen LogP contribution < -0.4 is 14.8 Å². The van der Waals surface area contributed by atoms with Crippen molar-refractivity contribution in [3.8, 4) is 17.6 Å². The summed E-state index contributed by atoms with van der Waals surface area (Å²) in [6.45, 7) is 3.18. The maximum atomic E-state index is 14.0. The normalized spacial score (nSPS) is 15.8. The molecule has 0 aliphatic carbocycles. The van der Waals surface area contributed by atoms with Crippen molar-refractivity contribution in [2.75, 3.05) is 19.8 Å². The Labute approximate surface area is 191 Å². The maximum Gasteiger partial charge on any atom is 0.262 e. The fourth-order valence-corrected chi connectivity index (χ4v) is 3.46. The lowest BCUT2D eigenvalue weighted by molar-refractivity contribution is -0.117. The molecule has 1 atom stereocenters. The van der Waals surface area contributed by atoms with Crippen molar-refractivity contribution in [2.45, 2.75) is 32.5 Å². The standard InChI is InChI=1S/C24H24ClFN2O4/c1-2-30-23-12-16(11-17(13-27)24(29)28-14-18-5-4-10-31-18)8-9-22(23)32-15-19-20(25)6-3-7-21(19)26/h3,6-9,11-12,18H,2,4-5,10,14-15H2,1H3,(H,28,29)/b17-11+/t18-/m1/s1. The second kappa shape index (κ2) is 11.5. The summed E-state index contributed by atoms with van der Waals surface area (Å²) in [5.74, 6) is -0.117. The molecule has 8 heteroatoms. The topological polar surface area (TPSA) is 80.6 Å². The lowest BCUT2D eigenvalue weighted by Crippen LogP contribution is -2.32. The van der Waals surface area contributed by atoms with Gasteiger partial charge in [-0.05, 0) is 55.7 Å². The van der Waals surface area contributed by atoms with Crippen LogP contribution in [0.15, 0.2) is 42.0 Å². The molecule has 0 aromatic heterocycles. The number of carbonyl (C=O) groups is 1. The molecule has 1 saturated heterocycles. The van der Waals surface area contributed by atoms with Crippen LogP contribution in [0.3, 0.4) is 0 Å². The molecule has 32 heavy (non-hydrogen) atoms. The lowest BCUT2D eigenvalue weighted by Gasteiger charge is -2.14. The summed E-state index contributed by atoms with van der Waals surface area (Å²) in [5, 5.41) is 12.4. The molecule has 1 N–H and O–H groups in total. The summed E-state index contributed by atoms with van der Waals surface area (Å²) in [7, 11) is 0. The summed E-state index contributed by atoms with van der Waals surface area (Å²) in [4.78, 5) is 12.4. The minimum Gasteiger partial charge on any atom is -0.490 e. The zero-order valence-corrected chi connectivity index (χ0v) is 18.5. The molecule has 2 aromatic rings. The van der Waals surface area contributed by atoms with Gasteiger partial charge in [0.05, 0.1) is 17.7 Å². The average molecular weight is 459 g/mol. The van der Waals surface area contributed by atoms with Gasteiger partial charge in [-0.3, -0.25) is 4.79 Å². The first-order chi connectivity index (χ1) is 15.5. The third kappa shape index (κ3) is 6.22. The largest absolute Gasteiger partial charge is 0.490 e. The fourth-order valence-electron chi connectivity index (χ4n) is 3.24. The van der Waals surface area contributed by atoms with E-state index in [2.05, 4.69) is 5.32 Å². The number of rotatable bonds is 9. The van der Waals surface area contributed by atoms with Gasteiger partial charge in [-0.1, -0.05) is 23.7 Å². The van der Waals surface area contributed by atoms with E-state index in [0.29, 0.717) is 36.8 Å². The summed E-state index contributed by atoms with van der Waals surface area (Å²) in [5.41, 5.74) is 0.807. The molecule has 0 unspecified atom stereocenters. The van der Waals surface area contributed by atoms with Crippen LogP contribution in [-0.2, 0) is 16.1 Å². The first-order valence-electron chi connectivity index (χ1n) is 10.4. The number of hydrogen-bond acceptors (Lipinski definition) is 5. The van der Waals surface area contributed by atoms with Crippen molar-refractivity contribution in [3.05, 3.63) is 63.9 Å². The predicted molar refractivity (Wildman–Crippen MR) is 119 cm³/mol. The number of nitriles is 1. The van der Waals surface area contributed by atoms with Crippen LogP contribution in [0.25, 0.3) is 6.08 Å². The molecular weight excluding hydrogens is 435 g/mol. The average Bonchev–Trinajstić information content (AvgIpc) is 3.30. The Morgan fingerprint density at radius 3 is 2.88 bits per heavy atom. The Morgan fingerprint density at radius 1 is 1.34 bits per heavy atom. The number of nitrogens with zero attached hydrogens (tertiary/aromatic N) is 1. The molecule has 0 saturated carbocycles. The SMILES string of the molecule is CCOc1cc(/C=C(\C#N)C(=O)NC[C@H]2CCCO2)ccc1OCc1c(F)cccc1Cl. The number of amides is 1. The monoisotopic (exact) mass is 458 g/mol. The number of halogens is 2. The van der Waals surface area contributed by atoms with E-state index in [0.717, 1.165) is 12.8 Å². The molecule has 168 valence electrons. The van der Waals surface area contributed by atoms with Crippen LogP contribution in [-0.4, -0.2) is 31.8 Å². The van der Waals surface area contributed by atoms with Gasteiger partial charge in [0.15, 0.2) is 11.5 Å². The van der Waals surface area contributed by atoms with Crippen LogP contribution in [0, 0.1) is 17.1 Å². The Hall–Kier alpha value is -3.08. The van der Waals surface area contributed by atoms with Crippen LogP contribution in [0.5, 0.6) is 11.5 Å². The molecular formula is C24H24ClFN2O4. The first-order valence-corrected chi connectivity index (χ1v) is 10.7. The molecule has 3 rings (SSSR count). The van der Waals surface area contributed by atoms with Gasteiger partial charge in [-0.25, -0.2) is 4.39 Å². The summed E-state index contributed by atoms with van der Waals surface area (Å²) in [6, 6.07) is 11.4. The third-order valence-electron chi connectivity index (χ3n) is 4.89. The van der Waals surface area contributed by atoms with E-state index in [1.54, 1.807) is 24.3 Å². The number of ether oxygens (including phenoxy) is 3. The summed E-state index contributed by atoms with van der Waals surface area (Å²) < 4.78 is 30.9. The molecule has 1 aliphatic rings. The van der Waals surface area contributed by atoms with Crippen molar-refractivity contribution in [3.63, 3.8) is 0 Å². The zero-order chi connectivity index (χ0) is 22.9. The third-order valence-corrected chi connectivity index (χ3v) is 5.25. The molecule has 6 nitrogen and oxygen atoms in total. The highest BCUT2D eigenvalue weighted by atomic mass is 35.5. The van der Waals surface area contributed by atoms with Crippen molar-refractivity contribution >= 4 is 23.6 Å².